The van der Waals surface area contributed by atoms with Crippen LogP contribution < -0.4 is 5.32 Å². The number of benzene rings is 2. The van der Waals surface area contributed by atoms with Gasteiger partial charge in [0.1, 0.15) is 17.3 Å². The van der Waals surface area contributed by atoms with E-state index >= 15 is 4.39 Å². The van der Waals surface area contributed by atoms with Crippen molar-refractivity contribution in [1.29, 1.82) is 0 Å². The summed E-state index contributed by atoms with van der Waals surface area (Å²) >= 11 is 0. The number of nitrogens with one attached hydrogen (secondary N) is 1. The Kier molecular flexibility index (Phi) is 5.67. The van der Waals surface area contributed by atoms with Gasteiger partial charge in [-0.25, -0.2) is 14.1 Å². The highest BCUT2D eigenvalue weighted by Crippen LogP contribution is 2.39. The molecule has 0 spiro atoms. The molecule has 0 fully saturated rings. The van der Waals surface area contributed by atoms with Crippen molar-refractivity contribution >= 4 is 22.8 Å². The van der Waals surface area contributed by atoms with Crippen LogP contribution in [0.2, 0.25) is 0 Å². The van der Waals surface area contributed by atoms with Crippen molar-refractivity contribution in [2.75, 3.05) is 5.32 Å². The highest BCUT2D eigenvalue weighted by atomic mass is 19.1. The van der Waals surface area contributed by atoms with Crippen LogP contribution in [0.1, 0.15) is 23.7 Å². The van der Waals surface area contributed by atoms with E-state index in [4.69, 9.17) is 5.10 Å². The number of carbonyl (C=O) groups is 1. The maximum absolute atomic E-state index is 15.1. The van der Waals surface area contributed by atoms with Gasteiger partial charge >= 0.3 is 5.97 Å². The zero-order chi connectivity index (χ0) is 25.6. The molecule has 5 rings (SSSR count). The Morgan fingerprint density at radius 1 is 1.11 bits per heavy atom. The van der Waals surface area contributed by atoms with Gasteiger partial charge in [0.15, 0.2) is 5.82 Å². The number of nitrogens with zero attached hydrogens (tertiary/aromatic N) is 4. The number of aliphatic carboxylic acids is 1. The molecule has 8 heteroatoms. The van der Waals surface area contributed by atoms with Crippen molar-refractivity contribution in [3.63, 3.8) is 0 Å². The average molecular weight is 484 g/mol. The summed E-state index contributed by atoms with van der Waals surface area (Å²) in [6.45, 7) is 7.68. The maximum atomic E-state index is 15.1. The molecule has 4 aromatic rings. The fourth-order valence-electron chi connectivity index (χ4n) is 4.73. The number of anilines is 1. The van der Waals surface area contributed by atoms with Gasteiger partial charge < -0.3 is 10.4 Å². The summed E-state index contributed by atoms with van der Waals surface area (Å²) in [5.74, 6) is -1.70. The van der Waals surface area contributed by atoms with Crippen LogP contribution in [0.25, 0.3) is 27.8 Å². The molecule has 2 aromatic heterocycles. The monoisotopic (exact) mass is 483 g/mol. The lowest BCUT2D eigenvalue weighted by molar-refractivity contribution is -0.141. The van der Waals surface area contributed by atoms with E-state index in [0.29, 0.717) is 28.2 Å². The molecule has 0 bridgehead atoms. The molecule has 2 N–H and O–H groups in total. The highest BCUT2D eigenvalue weighted by molar-refractivity contribution is 5.88. The van der Waals surface area contributed by atoms with Gasteiger partial charge in [0, 0.05) is 18.0 Å². The van der Waals surface area contributed by atoms with Crippen LogP contribution in [0.5, 0.6) is 0 Å². The second kappa shape index (κ2) is 8.71. The molecule has 0 radical (unpaired) electrons. The van der Waals surface area contributed by atoms with E-state index in [2.05, 4.69) is 15.3 Å². The standard InChI is InChI=1S/C28H26FN5O2/c1-16-8-9-17(2)23(13-16)34-26(32-28(4)10-6-5-7-20(28)27(35)36)24(18(3)33-34)19-14-21(29)25-22(15-19)30-11-12-31-25/h5-15,20,32H,1-4H3,(H,35,36). The van der Waals surface area contributed by atoms with E-state index in [9.17, 15) is 9.90 Å². The van der Waals surface area contributed by atoms with Gasteiger partial charge in [0.25, 0.3) is 0 Å². The van der Waals surface area contributed by atoms with Gasteiger partial charge in [-0.05, 0) is 62.6 Å². The first-order valence-corrected chi connectivity index (χ1v) is 11.6. The van der Waals surface area contributed by atoms with Crippen LogP contribution in [0.15, 0.2) is 67.0 Å². The van der Waals surface area contributed by atoms with E-state index in [1.54, 1.807) is 22.9 Å². The molecule has 2 atom stereocenters. The van der Waals surface area contributed by atoms with Crippen LogP contribution in [-0.4, -0.2) is 36.4 Å². The van der Waals surface area contributed by atoms with Crippen molar-refractivity contribution in [1.82, 2.24) is 19.7 Å². The van der Waals surface area contributed by atoms with Crippen molar-refractivity contribution in [2.45, 2.75) is 33.2 Å². The minimum atomic E-state index is -0.966. The van der Waals surface area contributed by atoms with Gasteiger partial charge in [-0.2, -0.15) is 5.10 Å². The Hall–Kier alpha value is -4.33. The number of hydrogen-bond donors (Lipinski definition) is 2. The molecule has 0 amide bonds. The summed E-state index contributed by atoms with van der Waals surface area (Å²) in [5.41, 5.74) is 4.43. The maximum Gasteiger partial charge on any atom is 0.313 e. The molecule has 0 aliphatic heterocycles. The Bertz CT molecular complexity index is 1570. The number of fused-ring (bicyclic) bond motifs is 1. The number of rotatable bonds is 5. The average Bonchev–Trinajstić information content (AvgIpc) is 3.15. The van der Waals surface area contributed by atoms with Crippen LogP contribution in [0.3, 0.4) is 0 Å². The molecule has 7 nitrogen and oxygen atoms in total. The van der Waals surface area contributed by atoms with E-state index in [1.165, 1.54) is 18.5 Å². The SMILES string of the molecule is Cc1ccc(C)c(-n2nc(C)c(-c3cc(F)c4nccnc4c3)c2NC2(C)C=CC=CC2C(=O)O)c1. The molecule has 0 saturated carbocycles. The van der Waals surface area contributed by atoms with Crippen LogP contribution >= 0.6 is 0 Å². The lowest BCUT2D eigenvalue weighted by Crippen LogP contribution is -2.45. The summed E-state index contributed by atoms with van der Waals surface area (Å²) in [6.07, 6.45) is 10.0. The molecule has 2 aromatic carbocycles. The molecule has 0 saturated heterocycles. The van der Waals surface area contributed by atoms with Crippen molar-refractivity contribution in [3.05, 3.63) is 89.7 Å². The molecule has 1 aliphatic rings. The fourth-order valence-corrected chi connectivity index (χ4v) is 4.73. The van der Waals surface area contributed by atoms with E-state index < -0.39 is 23.2 Å². The van der Waals surface area contributed by atoms with Gasteiger partial charge in [0.2, 0.25) is 0 Å². The van der Waals surface area contributed by atoms with E-state index in [1.807, 2.05) is 58.0 Å². The molecular weight excluding hydrogens is 457 g/mol. The number of aromatic nitrogens is 4. The van der Waals surface area contributed by atoms with E-state index in [0.717, 1.165) is 16.8 Å². The molecule has 1 aliphatic carbocycles. The quantitative estimate of drug-likeness (QED) is 0.387. The van der Waals surface area contributed by atoms with Crippen molar-refractivity contribution in [2.24, 2.45) is 5.92 Å². The summed E-state index contributed by atoms with van der Waals surface area (Å²) < 4.78 is 16.9. The summed E-state index contributed by atoms with van der Waals surface area (Å²) in [5, 5.41) is 18.3. The Balaban J connectivity index is 1.77. The third-order valence-electron chi connectivity index (χ3n) is 6.63. The second-order valence-electron chi connectivity index (χ2n) is 9.36. The second-order valence-corrected chi connectivity index (χ2v) is 9.36. The Morgan fingerprint density at radius 3 is 2.67 bits per heavy atom. The summed E-state index contributed by atoms with van der Waals surface area (Å²) in [4.78, 5) is 20.6. The number of carboxylic acid groups (broad SMARTS) is 1. The van der Waals surface area contributed by atoms with Crippen molar-refractivity contribution < 1.29 is 14.3 Å². The van der Waals surface area contributed by atoms with Gasteiger partial charge in [-0.3, -0.25) is 9.78 Å². The lowest BCUT2D eigenvalue weighted by atomic mass is 9.82. The number of allylic oxidation sites excluding steroid dienone is 2. The topological polar surface area (TPSA) is 92.9 Å². The lowest BCUT2D eigenvalue weighted by Gasteiger charge is -2.35. The third-order valence-corrected chi connectivity index (χ3v) is 6.63. The predicted molar refractivity (Wildman–Crippen MR) is 138 cm³/mol. The van der Waals surface area contributed by atoms with Crippen LogP contribution in [0, 0.1) is 32.5 Å². The van der Waals surface area contributed by atoms with Gasteiger partial charge in [-0.15, -0.1) is 0 Å². The van der Waals surface area contributed by atoms with E-state index in [-0.39, 0.29) is 5.52 Å². The fraction of sp³-hybridized carbons (Fsp3) is 0.214. The van der Waals surface area contributed by atoms with Crippen LogP contribution in [0.4, 0.5) is 10.2 Å². The summed E-state index contributed by atoms with van der Waals surface area (Å²) in [7, 11) is 0. The van der Waals surface area contributed by atoms with Crippen LogP contribution in [-0.2, 0) is 4.79 Å². The number of hydrogen-bond acceptors (Lipinski definition) is 5. The largest absolute Gasteiger partial charge is 0.481 e. The first-order chi connectivity index (χ1) is 17.2. The van der Waals surface area contributed by atoms with Gasteiger partial charge in [-0.1, -0.05) is 36.4 Å². The zero-order valence-electron chi connectivity index (χ0n) is 20.5. The molecular formula is C28H26FN5O2. The smallest absolute Gasteiger partial charge is 0.313 e. The normalized spacial score (nSPS) is 19.1. The molecule has 182 valence electrons. The first kappa shape index (κ1) is 23.4. The summed E-state index contributed by atoms with van der Waals surface area (Å²) in [6, 6.07) is 9.27. The van der Waals surface area contributed by atoms with Crippen molar-refractivity contribution in [3.8, 4) is 16.8 Å². The Morgan fingerprint density at radius 2 is 1.89 bits per heavy atom. The first-order valence-electron chi connectivity index (χ1n) is 11.6. The predicted octanol–water partition coefficient (Wildman–Crippen LogP) is 5.54. The minimum Gasteiger partial charge on any atom is -0.481 e. The molecule has 2 unspecified atom stereocenters. The number of halogens is 1. The highest BCUT2D eigenvalue weighted by Gasteiger charge is 2.38. The Labute approximate surface area is 208 Å². The third kappa shape index (κ3) is 3.94. The molecule has 36 heavy (non-hydrogen) atoms. The number of aryl methyl sites for hydroxylation is 3. The minimum absolute atomic E-state index is 0.189. The number of carboxylic acids is 1. The molecule has 2 heterocycles. The zero-order valence-corrected chi connectivity index (χ0v) is 20.5. The van der Waals surface area contributed by atoms with Gasteiger partial charge in [0.05, 0.1) is 22.4 Å².